The van der Waals surface area contributed by atoms with E-state index in [0.29, 0.717) is 26.9 Å². The van der Waals surface area contributed by atoms with Crippen LogP contribution in [0.15, 0.2) is 90.5 Å². The molecule has 3 heterocycles. The minimum atomic E-state index is -0.772. The highest BCUT2D eigenvalue weighted by Gasteiger charge is 2.44. The van der Waals surface area contributed by atoms with Crippen molar-refractivity contribution >= 4 is 23.0 Å². The fourth-order valence-corrected chi connectivity index (χ4v) is 5.33. The summed E-state index contributed by atoms with van der Waals surface area (Å²) in [4.78, 5) is 37.7. The van der Waals surface area contributed by atoms with Crippen molar-refractivity contribution in [2.24, 2.45) is 0 Å². The van der Waals surface area contributed by atoms with E-state index in [2.05, 4.69) is 9.97 Å². The summed E-state index contributed by atoms with van der Waals surface area (Å²) in [7, 11) is 1.57. The average molecular weight is 498 g/mol. The van der Waals surface area contributed by atoms with Crippen molar-refractivity contribution in [3.05, 3.63) is 112 Å². The average Bonchev–Trinajstić information content (AvgIpc) is 3.42. The number of hydrogen-bond acceptors (Lipinski definition) is 7. The van der Waals surface area contributed by atoms with Crippen LogP contribution in [-0.4, -0.2) is 38.8 Å². The number of aliphatic hydroxyl groups excluding tert-OH is 1. The number of carbonyl (C=O) groups excluding carboxylic acids is 2. The molecule has 1 aliphatic heterocycles. The maximum atomic E-state index is 13.9. The smallest absolute Gasteiger partial charge is 0.290 e. The van der Waals surface area contributed by atoms with Crippen molar-refractivity contribution in [1.29, 1.82) is 0 Å². The molecule has 180 valence electrons. The number of aromatic nitrogens is 2. The summed E-state index contributed by atoms with van der Waals surface area (Å²) in [6, 6.07) is 19.6. The van der Waals surface area contributed by atoms with Crippen molar-refractivity contribution < 1.29 is 19.4 Å². The van der Waals surface area contributed by atoms with Gasteiger partial charge in [-0.2, -0.15) is 0 Å². The van der Waals surface area contributed by atoms with E-state index in [9.17, 15) is 14.7 Å². The zero-order valence-electron chi connectivity index (χ0n) is 19.7. The number of pyridine rings is 1. The highest BCUT2D eigenvalue weighted by Crippen LogP contribution is 2.42. The molecule has 0 saturated carbocycles. The standard InChI is InChI=1S/C28H23N3O4S/c1-17-26(36-27(30-17)20-6-4-3-5-7-20)24(32)22-23(19-8-10-21(35-2)11-9-19)31(28(34)25(22)33)16-18-12-14-29-15-13-18/h3-15,23,33H,16H2,1-2H3. The van der Waals surface area contributed by atoms with Gasteiger partial charge in [0.25, 0.3) is 5.91 Å². The first-order chi connectivity index (χ1) is 17.5. The molecule has 5 rings (SSSR count). The van der Waals surface area contributed by atoms with Crippen molar-refractivity contribution in [3.63, 3.8) is 0 Å². The summed E-state index contributed by atoms with van der Waals surface area (Å²) >= 11 is 1.26. The Morgan fingerprint density at radius 3 is 2.42 bits per heavy atom. The zero-order chi connectivity index (χ0) is 25.2. The monoisotopic (exact) mass is 497 g/mol. The molecule has 2 aromatic heterocycles. The van der Waals surface area contributed by atoms with Gasteiger partial charge in [0.1, 0.15) is 10.8 Å². The topological polar surface area (TPSA) is 92.6 Å². The van der Waals surface area contributed by atoms with Crippen LogP contribution in [0.25, 0.3) is 10.6 Å². The Morgan fingerprint density at radius 2 is 1.75 bits per heavy atom. The summed E-state index contributed by atoms with van der Waals surface area (Å²) in [5.41, 5.74) is 3.02. The Balaban J connectivity index is 1.58. The van der Waals surface area contributed by atoms with E-state index in [-0.39, 0.29) is 12.1 Å². The van der Waals surface area contributed by atoms with Gasteiger partial charge in [0.15, 0.2) is 5.76 Å². The molecule has 0 fully saturated rings. The number of Topliss-reactive ketones (excluding diaryl/α,β-unsaturated/α-hetero) is 1. The number of hydrogen-bond donors (Lipinski definition) is 1. The summed E-state index contributed by atoms with van der Waals surface area (Å²) in [6.07, 6.45) is 3.28. The molecular formula is C28H23N3O4S. The van der Waals surface area contributed by atoms with E-state index >= 15 is 0 Å². The molecule has 8 heteroatoms. The fraction of sp³-hybridized carbons (Fsp3) is 0.143. The second-order valence-corrected chi connectivity index (χ2v) is 9.35. The van der Waals surface area contributed by atoms with Crippen LogP contribution in [-0.2, 0) is 11.3 Å². The van der Waals surface area contributed by atoms with E-state index in [4.69, 9.17) is 4.74 Å². The molecule has 1 atom stereocenters. The van der Waals surface area contributed by atoms with Gasteiger partial charge in [-0.1, -0.05) is 42.5 Å². The number of methoxy groups -OCH3 is 1. The molecule has 0 spiro atoms. The summed E-state index contributed by atoms with van der Waals surface area (Å²) in [5, 5.41) is 11.7. The van der Waals surface area contributed by atoms with Crippen molar-refractivity contribution in [3.8, 4) is 16.3 Å². The lowest BCUT2D eigenvalue weighted by atomic mass is 9.94. The van der Waals surface area contributed by atoms with E-state index in [1.54, 1.807) is 62.8 Å². The Kier molecular flexibility index (Phi) is 6.35. The summed E-state index contributed by atoms with van der Waals surface area (Å²) < 4.78 is 5.28. The van der Waals surface area contributed by atoms with Gasteiger partial charge in [-0.25, -0.2) is 4.98 Å². The maximum Gasteiger partial charge on any atom is 0.290 e. The minimum absolute atomic E-state index is 0.0468. The molecule has 36 heavy (non-hydrogen) atoms. The highest BCUT2D eigenvalue weighted by atomic mass is 32.1. The molecule has 1 unspecified atom stereocenters. The Morgan fingerprint density at radius 1 is 1.06 bits per heavy atom. The van der Waals surface area contributed by atoms with Crippen LogP contribution >= 0.6 is 11.3 Å². The van der Waals surface area contributed by atoms with Gasteiger partial charge < -0.3 is 14.7 Å². The maximum absolute atomic E-state index is 13.9. The third-order valence-corrected chi connectivity index (χ3v) is 7.31. The van der Waals surface area contributed by atoms with Crippen LogP contribution in [0.3, 0.4) is 0 Å². The first kappa shape index (κ1) is 23.4. The molecule has 2 aromatic carbocycles. The number of aryl methyl sites for hydroxylation is 1. The minimum Gasteiger partial charge on any atom is -0.503 e. The first-order valence-electron chi connectivity index (χ1n) is 11.3. The van der Waals surface area contributed by atoms with E-state index in [0.717, 1.165) is 11.1 Å². The number of aliphatic hydroxyl groups is 1. The molecule has 0 bridgehead atoms. The van der Waals surface area contributed by atoms with Gasteiger partial charge in [-0.3, -0.25) is 14.6 Å². The number of ether oxygens (including phenoxy) is 1. The molecule has 0 radical (unpaired) electrons. The number of thiazole rings is 1. The lowest BCUT2D eigenvalue weighted by molar-refractivity contribution is -0.130. The third kappa shape index (κ3) is 4.27. The van der Waals surface area contributed by atoms with Crippen LogP contribution in [0.5, 0.6) is 5.75 Å². The molecule has 7 nitrogen and oxygen atoms in total. The van der Waals surface area contributed by atoms with Gasteiger partial charge in [-0.05, 0) is 42.3 Å². The molecule has 1 aliphatic rings. The third-order valence-electron chi connectivity index (χ3n) is 6.11. The lowest BCUT2D eigenvalue weighted by Gasteiger charge is -2.27. The van der Waals surface area contributed by atoms with E-state index in [1.165, 1.54) is 16.2 Å². The normalized spacial score (nSPS) is 15.4. The predicted octanol–water partition coefficient (Wildman–Crippen LogP) is 5.30. The number of ketones is 1. The Labute approximate surface area is 212 Å². The Bertz CT molecular complexity index is 1450. The zero-order valence-corrected chi connectivity index (χ0v) is 20.5. The molecule has 0 aliphatic carbocycles. The van der Waals surface area contributed by atoms with Crippen LogP contribution in [0.4, 0.5) is 0 Å². The second-order valence-electron chi connectivity index (χ2n) is 8.36. The molecular weight excluding hydrogens is 474 g/mol. The van der Waals surface area contributed by atoms with Gasteiger partial charge in [0, 0.05) is 24.5 Å². The highest BCUT2D eigenvalue weighted by molar-refractivity contribution is 7.17. The van der Waals surface area contributed by atoms with E-state index < -0.39 is 23.5 Å². The quantitative estimate of drug-likeness (QED) is 0.348. The van der Waals surface area contributed by atoms with Gasteiger partial charge >= 0.3 is 0 Å². The number of carbonyl (C=O) groups is 2. The number of nitrogens with zero attached hydrogens (tertiary/aromatic N) is 3. The summed E-state index contributed by atoms with van der Waals surface area (Å²) in [6.45, 7) is 1.97. The van der Waals surface area contributed by atoms with E-state index in [1.807, 2.05) is 30.3 Å². The number of amides is 1. The lowest BCUT2D eigenvalue weighted by Crippen LogP contribution is -2.30. The molecule has 1 N–H and O–H groups in total. The van der Waals surface area contributed by atoms with Crippen molar-refractivity contribution in [2.45, 2.75) is 19.5 Å². The van der Waals surface area contributed by atoms with Gasteiger partial charge in [0.05, 0.1) is 29.3 Å². The number of rotatable bonds is 7. The molecule has 4 aromatic rings. The van der Waals surface area contributed by atoms with Crippen LogP contribution in [0.2, 0.25) is 0 Å². The van der Waals surface area contributed by atoms with Crippen molar-refractivity contribution in [2.75, 3.05) is 7.11 Å². The largest absolute Gasteiger partial charge is 0.503 e. The first-order valence-corrected chi connectivity index (χ1v) is 12.1. The van der Waals surface area contributed by atoms with Crippen LogP contribution in [0, 0.1) is 6.92 Å². The Hall–Kier alpha value is -4.30. The second kappa shape index (κ2) is 9.75. The fourth-order valence-electron chi connectivity index (χ4n) is 4.30. The van der Waals surface area contributed by atoms with Gasteiger partial charge in [-0.15, -0.1) is 11.3 Å². The summed E-state index contributed by atoms with van der Waals surface area (Å²) in [5.74, 6) is -0.892. The predicted molar refractivity (Wildman–Crippen MR) is 137 cm³/mol. The SMILES string of the molecule is COc1ccc(C2C(C(=O)c3sc(-c4ccccc4)nc3C)=C(O)C(=O)N2Cc2ccncc2)cc1. The number of benzene rings is 2. The molecule has 1 amide bonds. The van der Waals surface area contributed by atoms with Crippen molar-refractivity contribution in [1.82, 2.24) is 14.9 Å². The van der Waals surface area contributed by atoms with Gasteiger partial charge in [0.2, 0.25) is 5.78 Å². The molecule has 0 saturated heterocycles. The van der Waals surface area contributed by atoms with Crippen LogP contribution in [0.1, 0.15) is 32.5 Å². The van der Waals surface area contributed by atoms with Crippen LogP contribution < -0.4 is 4.74 Å².